The molecule has 72 valence electrons. The van der Waals surface area contributed by atoms with Crippen LogP contribution < -0.4 is 0 Å². The van der Waals surface area contributed by atoms with Gasteiger partial charge in [-0.1, -0.05) is 30.3 Å². The van der Waals surface area contributed by atoms with Gasteiger partial charge in [-0.05, 0) is 28.3 Å². The van der Waals surface area contributed by atoms with Crippen molar-refractivity contribution in [1.29, 1.82) is 10.8 Å². The van der Waals surface area contributed by atoms with E-state index < -0.39 is 0 Å². The van der Waals surface area contributed by atoms with Gasteiger partial charge in [-0.25, -0.2) is 0 Å². The Hall–Kier alpha value is -1.96. The molecule has 2 N–H and O–H groups in total. The zero-order valence-corrected chi connectivity index (χ0v) is 8.17. The van der Waals surface area contributed by atoms with Crippen molar-refractivity contribution >= 4 is 17.0 Å². The first-order valence-electron chi connectivity index (χ1n) is 4.95. The Morgan fingerprint density at radius 3 is 2.67 bits per heavy atom. The molecule has 0 amide bonds. The number of hydrogen-bond acceptors (Lipinski definition) is 2. The van der Waals surface area contributed by atoms with Gasteiger partial charge in [0.1, 0.15) is 0 Å². The molecule has 0 unspecified atom stereocenters. The van der Waals surface area contributed by atoms with E-state index in [-0.39, 0.29) is 0 Å². The van der Waals surface area contributed by atoms with Gasteiger partial charge >= 0.3 is 0 Å². The number of hydrogen-bond donors (Lipinski definition) is 2. The van der Waals surface area contributed by atoms with Crippen LogP contribution in [-0.4, -0.2) is 11.4 Å². The Morgan fingerprint density at radius 2 is 1.80 bits per heavy atom. The fourth-order valence-electron chi connectivity index (χ4n) is 2.21. The summed E-state index contributed by atoms with van der Waals surface area (Å²) < 4.78 is 0. The molecule has 2 heteroatoms. The molecule has 0 aliphatic heterocycles. The van der Waals surface area contributed by atoms with Gasteiger partial charge in [0.25, 0.3) is 0 Å². The molecule has 15 heavy (non-hydrogen) atoms. The van der Waals surface area contributed by atoms with Gasteiger partial charge in [0.15, 0.2) is 0 Å². The van der Waals surface area contributed by atoms with E-state index in [1.165, 1.54) is 11.1 Å². The summed E-state index contributed by atoms with van der Waals surface area (Å²) in [5.41, 5.74) is 5.33. The van der Waals surface area contributed by atoms with Crippen molar-refractivity contribution in [2.24, 2.45) is 0 Å². The Bertz CT molecular complexity index is 547. The van der Waals surface area contributed by atoms with E-state index in [0.717, 1.165) is 17.6 Å². The third kappa shape index (κ3) is 1.05. The minimum atomic E-state index is 0.321. The summed E-state index contributed by atoms with van der Waals surface area (Å²) in [4.78, 5) is 0. The molecule has 0 fully saturated rings. The fourth-order valence-corrected chi connectivity index (χ4v) is 2.21. The fraction of sp³-hybridized carbons (Fsp3) is 0.0769. The lowest BCUT2D eigenvalue weighted by atomic mass is 9.95. The van der Waals surface area contributed by atoms with E-state index in [1.807, 2.05) is 18.2 Å². The Labute approximate surface area is 88.0 Å². The lowest BCUT2D eigenvalue weighted by Gasteiger charge is -2.10. The summed E-state index contributed by atoms with van der Waals surface area (Å²) in [5.74, 6) is 0. The second-order valence-electron chi connectivity index (χ2n) is 3.85. The molecular formula is C13H10N2. The highest BCUT2D eigenvalue weighted by Gasteiger charge is 2.25. The minimum Gasteiger partial charge on any atom is -0.299 e. The van der Waals surface area contributed by atoms with Gasteiger partial charge in [-0.2, -0.15) is 0 Å². The Balaban J connectivity index is 2.21. The van der Waals surface area contributed by atoms with Gasteiger partial charge in [0.05, 0.1) is 11.4 Å². The lowest BCUT2D eigenvalue weighted by molar-refractivity contribution is 1.26. The molecule has 3 rings (SSSR count). The maximum Gasteiger partial charge on any atom is 0.0830 e. The topological polar surface area (TPSA) is 47.7 Å². The van der Waals surface area contributed by atoms with Gasteiger partial charge < -0.3 is 0 Å². The smallest absolute Gasteiger partial charge is 0.0830 e. The zero-order valence-electron chi connectivity index (χ0n) is 8.17. The SMILES string of the molecule is N=C1C=CC2=C(Cc3ccccc32)C1=N. The monoisotopic (exact) mass is 194 g/mol. The maximum absolute atomic E-state index is 7.86. The summed E-state index contributed by atoms with van der Waals surface area (Å²) >= 11 is 0. The van der Waals surface area contributed by atoms with E-state index in [0.29, 0.717) is 11.4 Å². The first kappa shape index (κ1) is 8.36. The molecule has 0 saturated heterocycles. The Kier molecular flexibility index (Phi) is 1.54. The summed E-state index contributed by atoms with van der Waals surface area (Å²) in [6.45, 7) is 0. The molecule has 0 radical (unpaired) electrons. The molecule has 0 spiro atoms. The molecule has 0 bridgehead atoms. The van der Waals surface area contributed by atoms with Gasteiger partial charge in [-0.3, -0.25) is 10.8 Å². The van der Waals surface area contributed by atoms with Crippen LogP contribution in [0.3, 0.4) is 0 Å². The molecule has 0 saturated carbocycles. The molecule has 0 aromatic heterocycles. The summed E-state index contributed by atoms with van der Waals surface area (Å²) in [6.07, 6.45) is 4.47. The van der Waals surface area contributed by atoms with Crippen LogP contribution in [0.15, 0.2) is 42.0 Å². The van der Waals surface area contributed by atoms with Crippen LogP contribution in [0.5, 0.6) is 0 Å². The Morgan fingerprint density at radius 1 is 1.00 bits per heavy atom. The van der Waals surface area contributed by atoms with E-state index in [2.05, 4.69) is 12.1 Å². The van der Waals surface area contributed by atoms with E-state index in [9.17, 15) is 0 Å². The highest BCUT2D eigenvalue weighted by molar-refractivity contribution is 6.52. The maximum atomic E-state index is 7.86. The molecule has 2 aliphatic rings. The van der Waals surface area contributed by atoms with Crippen LogP contribution in [0.2, 0.25) is 0 Å². The molecule has 2 aliphatic carbocycles. The average Bonchev–Trinajstić information content (AvgIpc) is 2.63. The normalized spacial score (nSPS) is 18.1. The second kappa shape index (κ2) is 2.76. The van der Waals surface area contributed by atoms with Crippen molar-refractivity contribution in [2.45, 2.75) is 6.42 Å². The lowest BCUT2D eigenvalue weighted by Crippen LogP contribution is -2.15. The number of fused-ring (bicyclic) bond motifs is 2. The molecule has 0 atom stereocenters. The predicted molar refractivity (Wildman–Crippen MR) is 61.7 cm³/mol. The first-order chi connectivity index (χ1) is 7.27. The van der Waals surface area contributed by atoms with Crippen molar-refractivity contribution in [3.63, 3.8) is 0 Å². The molecule has 2 nitrogen and oxygen atoms in total. The number of rotatable bonds is 0. The third-order valence-electron chi connectivity index (χ3n) is 2.99. The predicted octanol–water partition coefficient (Wildman–Crippen LogP) is 2.61. The van der Waals surface area contributed by atoms with Crippen molar-refractivity contribution in [2.75, 3.05) is 0 Å². The standard InChI is InChI=1S/C13H10N2/c14-12-6-5-10-9-4-2-1-3-8(9)7-11(10)13(12)15/h1-6,14-15H,7H2. The number of benzene rings is 1. The number of nitrogens with one attached hydrogen (secondary N) is 2. The van der Waals surface area contributed by atoms with Crippen LogP contribution in [0, 0.1) is 10.8 Å². The summed E-state index contributed by atoms with van der Waals surface area (Å²) in [5, 5.41) is 15.5. The summed E-state index contributed by atoms with van der Waals surface area (Å²) in [7, 11) is 0. The molecular weight excluding hydrogens is 184 g/mol. The quantitative estimate of drug-likeness (QED) is 0.596. The third-order valence-corrected chi connectivity index (χ3v) is 2.99. The van der Waals surface area contributed by atoms with Gasteiger partial charge in [0.2, 0.25) is 0 Å². The highest BCUT2D eigenvalue weighted by Crippen LogP contribution is 2.36. The highest BCUT2D eigenvalue weighted by atomic mass is 14.5. The molecule has 1 aromatic carbocycles. The van der Waals surface area contributed by atoms with Gasteiger partial charge in [0, 0.05) is 6.42 Å². The largest absolute Gasteiger partial charge is 0.299 e. The zero-order chi connectivity index (χ0) is 10.4. The van der Waals surface area contributed by atoms with Crippen LogP contribution in [0.4, 0.5) is 0 Å². The molecule has 1 aromatic rings. The minimum absolute atomic E-state index is 0.321. The first-order valence-corrected chi connectivity index (χ1v) is 4.95. The van der Waals surface area contributed by atoms with Crippen molar-refractivity contribution < 1.29 is 0 Å². The van der Waals surface area contributed by atoms with Crippen LogP contribution in [0.25, 0.3) is 5.57 Å². The van der Waals surface area contributed by atoms with E-state index in [4.69, 9.17) is 10.8 Å². The van der Waals surface area contributed by atoms with Crippen molar-refractivity contribution in [3.05, 3.63) is 53.1 Å². The summed E-state index contributed by atoms with van der Waals surface area (Å²) in [6, 6.07) is 8.23. The van der Waals surface area contributed by atoms with Crippen molar-refractivity contribution in [3.8, 4) is 0 Å². The van der Waals surface area contributed by atoms with E-state index in [1.54, 1.807) is 6.08 Å². The van der Waals surface area contributed by atoms with Crippen LogP contribution in [0.1, 0.15) is 11.1 Å². The average molecular weight is 194 g/mol. The van der Waals surface area contributed by atoms with Crippen molar-refractivity contribution in [1.82, 2.24) is 0 Å². The van der Waals surface area contributed by atoms with Crippen LogP contribution in [-0.2, 0) is 6.42 Å². The van der Waals surface area contributed by atoms with E-state index >= 15 is 0 Å². The molecule has 0 heterocycles. The second-order valence-corrected chi connectivity index (χ2v) is 3.85. The van der Waals surface area contributed by atoms with Crippen LogP contribution >= 0.6 is 0 Å². The number of allylic oxidation sites excluding steroid dienone is 4. The van der Waals surface area contributed by atoms with Gasteiger partial charge in [-0.15, -0.1) is 0 Å².